The maximum Gasteiger partial charge on any atom is 0.280 e. The quantitative estimate of drug-likeness (QED) is 0.514. The fourth-order valence-corrected chi connectivity index (χ4v) is 3.12. The van der Waals surface area contributed by atoms with E-state index in [1.54, 1.807) is 11.0 Å². The van der Waals surface area contributed by atoms with Crippen LogP contribution in [0.4, 0.5) is 5.69 Å². The molecule has 4 heteroatoms. The van der Waals surface area contributed by atoms with Crippen LogP contribution in [0.1, 0.15) is 17.4 Å². The molecule has 0 bridgehead atoms. The molecular weight excluding hydrogens is 324 g/mol. The number of benzene rings is 3. The van der Waals surface area contributed by atoms with Crippen molar-refractivity contribution in [3.8, 4) is 11.3 Å². The first-order chi connectivity index (χ1) is 12.8. The van der Waals surface area contributed by atoms with E-state index in [9.17, 15) is 4.79 Å². The zero-order valence-corrected chi connectivity index (χ0v) is 14.4. The number of nitrogens with zero attached hydrogens (tertiary/aromatic N) is 2. The molecule has 0 aliphatic rings. The van der Waals surface area contributed by atoms with E-state index in [4.69, 9.17) is 4.52 Å². The highest BCUT2D eigenvalue weighted by Gasteiger charge is 2.22. The molecule has 0 saturated carbocycles. The predicted molar refractivity (Wildman–Crippen MR) is 103 cm³/mol. The number of aromatic nitrogens is 1. The minimum atomic E-state index is -0.171. The van der Waals surface area contributed by atoms with Crippen molar-refractivity contribution in [1.82, 2.24) is 5.16 Å². The number of hydrogen-bond acceptors (Lipinski definition) is 3. The van der Waals surface area contributed by atoms with E-state index in [1.807, 2.05) is 79.7 Å². The van der Waals surface area contributed by atoms with Gasteiger partial charge in [0.2, 0.25) is 0 Å². The smallest absolute Gasteiger partial charge is 0.280 e. The average molecular weight is 342 g/mol. The fourth-order valence-electron chi connectivity index (χ4n) is 3.12. The first-order valence-electron chi connectivity index (χ1n) is 8.59. The largest absolute Gasteiger partial charge is 0.355 e. The van der Waals surface area contributed by atoms with Gasteiger partial charge in [-0.25, -0.2) is 0 Å². The van der Waals surface area contributed by atoms with E-state index in [2.05, 4.69) is 5.16 Å². The van der Waals surface area contributed by atoms with Gasteiger partial charge < -0.3 is 9.42 Å². The standard InChI is InChI=1S/C22H18N2O2/c1-2-24(20-14-8-12-16-9-6-7-13-18(16)20)22(25)19-15-21(26-23-19)17-10-4-3-5-11-17/h3-15H,2H2,1H3. The molecule has 26 heavy (non-hydrogen) atoms. The Hall–Kier alpha value is -3.40. The van der Waals surface area contributed by atoms with Crippen molar-refractivity contribution in [2.24, 2.45) is 0 Å². The van der Waals surface area contributed by atoms with Crippen LogP contribution in [0.2, 0.25) is 0 Å². The lowest BCUT2D eigenvalue weighted by Crippen LogP contribution is -2.31. The summed E-state index contributed by atoms with van der Waals surface area (Å²) < 4.78 is 5.39. The van der Waals surface area contributed by atoms with Gasteiger partial charge >= 0.3 is 0 Å². The Kier molecular flexibility index (Phi) is 4.23. The summed E-state index contributed by atoms with van der Waals surface area (Å²) in [6, 6.07) is 25.3. The second-order valence-corrected chi connectivity index (χ2v) is 5.99. The minimum Gasteiger partial charge on any atom is -0.355 e. The van der Waals surface area contributed by atoms with E-state index in [0.29, 0.717) is 18.0 Å². The lowest BCUT2D eigenvalue weighted by Gasteiger charge is -2.21. The van der Waals surface area contributed by atoms with Crippen molar-refractivity contribution in [2.75, 3.05) is 11.4 Å². The van der Waals surface area contributed by atoms with Crippen molar-refractivity contribution in [3.63, 3.8) is 0 Å². The summed E-state index contributed by atoms with van der Waals surface area (Å²) in [5.74, 6) is 0.415. The normalized spacial score (nSPS) is 10.8. The van der Waals surface area contributed by atoms with Gasteiger partial charge in [-0.3, -0.25) is 4.79 Å². The van der Waals surface area contributed by atoms with Gasteiger partial charge in [-0.15, -0.1) is 0 Å². The van der Waals surface area contributed by atoms with Gasteiger partial charge in [0, 0.05) is 23.6 Å². The van der Waals surface area contributed by atoms with Gasteiger partial charge in [-0.05, 0) is 18.4 Å². The van der Waals surface area contributed by atoms with Crippen molar-refractivity contribution >= 4 is 22.4 Å². The molecule has 3 aromatic carbocycles. The average Bonchev–Trinajstić information content (AvgIpc) is 3.20. The summed E-state index contributed by atoms with van der Waals surface area (Å²) in [6.45, 7) is 2.50. The van der Waals surface area contributed by atoms with Gasteiger partial charge in [0.25, 0.3) is 5.91 Å². The maximum absolute atomic E-state index is 13.1. The Morgan fingerprint density at radius 2 is 1.69 bits per heavy atom. The summed E-state index contributed by atoms with van der Waals surface area (Å²) in [6.07, 6.45) is 0. The molecule has 1 amide bonds. The molecule has 0 unspecified atom stereocenters. The van der Waals surface area contributed by atoms with Gasteiger partial charge in [0.1, 0.15) is 0 Å². The van der Waals surface area contributed by atoms with E-state index in [-0.39, 0.29) is 5.91 Å². The molecule has 4 rings (SSSR count). The highest BCUT2D eigenvalue weighted by Crippen LogP contribution is 2.28. The summed E-state index contributed by atoms with van der Waals surface area (Å²) in [5, 5.41) is 6.14. The molecule has 0 radical (unpaired) electrons. The Bertz CT molecular complexity index is 1050. The highest BCUT2D eigenvalue weighted by molar-refractivity contribution is 6.10. The van der Waals surface area contributed by atoms with E-state index in [0.717, 1.165) is 22.0 Å². The molecule has 0 N–H and O–H groups in total. The first kappa shape index (κ1) is 16.1. The first-order valence-corrected chi connectivity index (χ1v) is 8.59. The lowest BCUT2D eigenvalue weighted by molar-refractivity contribution is 0.0980. The number of carbonyl (C=O) groups excluding carboxylic acids is 1. The third kappa shape index (κ3) is 2.86. The van der Waals surface area contributed by atoms with Gasteiger partial charge in [0.05, 0.1) is 5.69 Å². The number of hydrogen-bond donors (Lipinski definition) is 0. The number of rotatable bonds is 4. The molecule has 4 aromatic rings. The van der Waals surface area contributed by atoms with Gasteiger partial charge in [0.15, 0.2) is 11.5 Å². The van der Waals surface area contributed by atoms with Crippen LogP contribution in [0.5, 0.6) is 0 Å². The molecule has 0 fully saturated rings. The molecule has 0 aliphatic heterocycles. The van der Waals surface area contributed by atoms with Gasteiger partial charge in [-0.2, -0.15) is 0 Å². The highest BCUT2D eigenvalue weighted by atomic mass is 16.5. The molecule has 4 nitrogen and oxygen atoms in total. The van der Waals surface area contributed by atoms with Crippen LogP contribution in [0, 0.1) is 0 Å². The second-order valence-electron chi connectivity index (χ2n) is 5.99. The third-order valence-electron chi connectivity index (χ3n) is 4.41. The maximum atomic E-state index is 13.1. The SMILES string of the molecule is CCN(C(=O)c1cc(-c2ccccc2)on1)c1cccc2ccccc12. The second kappa shape index (κ2) is 6.84. The molecule has 0 aliphatic carbocycles. The molecule has 128 valence electrons. The molecule has 0 spiro atoms. The molecule has 0 saturated heterocycles. The Balaban J connectivity index is 1.71. The van der Waals surface area contributed by atoms with Crippen LogP contribution >= 0.6 is 0 Å². The monoisotopic (exact) mass is 342 g/mol. The molecule has 0 atom stereocenters. The zero-order chi connectivity index (χ0) is 17.9. The van der Waals surface area contributed by atoms with Crippen molar-refractivity contribution < 1.29 is 9.32 Å². The topological polar surface area (TPSA) is 46.3 Å². The number of carbonyl (C=O) groups is 1. The Morgan fingerprint density at radius 1 is 0.962 bits per heavy atom. The van der Waals surface area contributed by atoms with E-state index < -0.39 is 0 Å². The van der Waals surface area contributed by atoms with Crippen LogP contribution in [-0.2, 0) is 0 Å². The lowest BCUT2D eigenvalue weighted by atomic mass is 10.1. The van der Waals surface area contributed by atoms with Crippen LogP contribution in [0.25, 0.3) is 22.1 Å². The van der Waals surface area contributed by atoms with Gasteiger partial charge in [-0.1, -0.05) is 71.9 Å². The summed E-state index contributed by atoms with van der Waals surface area (Å²) >= 11 is 0. The van der Waals surface area contributed by atoms with Crippen molar-refractivity contribution in [3.05, 3.63) is 84.6 Å². The summed E-state index contributed by atoms with van der Waals surface area (Å²) in [5.41, 5.74) is 2.07. The number of amides is 1. The summed E-state index contributed by atoms with van der Waals surface area (Å²) in [4.78, 5) is 14.8. The zero-order valence-electron chi connectivity index (χ0n) is 14.4. The van der Waals surface area contributed by atoms with Crippen molar-refractivity contribution in [2.45, 2.75) is 6.92 Å². The third-order valence-corrected chi connectivity index (χ3v) is 4.41. The summed E-state index contributed by atoms with van der Waals surface area (Å²) in [7, 11) is 0. The Morgan fingerprint density at radius 3 is 2.50 bits per heavy atom. The molecular formula is C22H18N2O2. The number of fused-ring (bicyclic) bond motifs is 1. The number of anilines is 1. The van der Waals surface area contributed by atoms with Crippen LogP contribution in [0.15, 0.2) is 83.4 Å². The van der Waals surface area contributed by atoms with Crippen LogP contribution in [-0.4, -0.2) is 17.6 Å². The van der Waals surface area contributed by atoms with E-state index >= 15 is 0 Å². The van der Waals surface area contributed by atoms with E-state index in [1.165, 1.54) is 0 Å². The minimum absolute atomic E-state index is 0.171. The van der Waals surface area contributed by atoms with Crippen LogP contribution in [0.3, 0.4) is 0 Å². The Labute approximate surface area is 151 Å². The van der Waals surface area contributed by atoms with Crippen molar-refractivity contribution in [1.29, 1.82) is 0 Å². The predicted octanol–water partition coefficient (Wildman–Crippen LogP) is 5.16. The fraction of sp³-hybridized carbons (Fsp3) is 0.0909. The van der Waals surface area contributed by atoms with Crippen LogP contribution < -0.4 is 4.90 Å². The molecule has 1 heterocycles. The molecule has 1 aromatic heterocycles.